The number of hydrogen-bond donors (Lipinski definition) is 2. The Morgan fingerprint density at radius 2 is 1.94 bits per heavy atom. The maximum absolute atomic E-state index is 11.4. The van der Waals surface area contributed by atoms with E-state index >= 15 is 0 Å². The average molecular weight is 244 g/mol. The zero-order valence-corrected chi connectivity index (χ0v) is 11.9. The molecule has 1 atom stereocenters. The normalized spacial score (nSPS) is 15.2. The van der Waals surface area contributed by atoms with Crippen LogP contribution in [0.3, 0.4) is 0 Å². The minimum Gasteiger partial charge on any atom is -0.379 e. The predicted molar refractivity (Wildman–Crippen MR) is 70.8 cm³/mol. The number of amides is 1. The first kappa shape index (κ1) is 16.4. The van der Waals surface area contributed by atoms with Gasteiger partial charge in [-0.1, -0.05) is 13.8 Å². The van der Waals surface area contributed by atoms with Crippen LogP contribution in [0.2, 0.25) is 0 Å². The van der Waals surface area contributed by atoms with Crippen molar-refractivity contribution in [3.63, 3.8) is 0 Å². The molecular formula is C13H28N2O2. The summed E-state index contributed by atoms with van der Waals surface area (Å²) < 4.78 is 5.55. The number of nitrogens with two attached hydrogens (primary N) is 1. The lowest BCUT2D eigenvalue weighted by molar-refractivity contribution is -0.126. The topological polar surface area (TPSA) is 64.3 Å². The summed E-state index contributed by atoms with van der Waals surface area (Å²) in [7, 11) is 0. The number of ether oxygens (including phenoxy) is 1. The Labute approximate surface area is 105 Å². The summed E-state index contributed by atoms with van der Waals surface area (Å²) in [4.78, 5) is 11.4. The Kier molecular flexibility index (Phi) is 7.39. The third kappa shape index (κ3) is 7.34. The van der Waals surface area contributed by atoms with Crippen molar-refractivity contribution >= 4 is 5.91 Å². The van der Waals surface area contributed by atoms with Crippen LogP contribution in [0.25, 0.3) is 0 Å². The van der Waals surface area contributed by atoms with Gasteiger partial charge in [-0.05, 0) is 39.5 Å². The molecule has 1 unspecified atom stereocenters. The SMILES string of the molecule is CC(C)CCCOCC(C)(NC(C)C)C(N)=O. The van der Waals surface area contributed by atoms with E-state index in [1.807, 2.05) is 13.8 Å². The molecule has 102 valence electrons. The van der Waals surface area contributed by atoms with E-state index in [0.29, 0.717) is 19.1 Å². The average Bonchev–Trinajstić information content (AvgIpc) is 2.15. The summed E-state index contributed by atoms with van der Waals surface area (Å²) in [6.45, 7) is 11.2. The monoisotopic (exact) mass is 244 g/mol. The van der Waals surface area contributed by atoms with Gasteiger partial charge in [0, 0.05) is 12.6 Å². The molecule has 0 bridgehead atoms. The fraction of sp³-hybridized carbons (Fsp3) is 0.923. The molecule has 0 aromatic carbocycles. The van der Waals surface area contributed by atoms with Crippen LogP contribution in [0.4, 0.5) is 0 Å². The predicted octanol–water partition coefficient (Wildman–Crippen LogP) is 1.68. The van der Waals surface area contributed by atoms with Crippen LogP contribution in [0.5, 0.6) is 0 Å². The summed E-state index contributed by atoms with van der Waals surface area (Å²) >= 11 is 0. The van der Waals surface area contributed by atoms with E-state index in [1.54, 1.807) is 6.92 Å². The van der Waals surface area contributed by atoms with Gasteiger partial charge in [-0.3, -0.25) is 10.1 Å². The van der Waals surface area contributed by atoms with Gasteiger partial charge in [0.15, 0.2) is 0 Å². The summed E-state index contributed by atoms with van der Waals surface area (Å²) in [6, 6.07) is 0.201. The fourth-order valence-electron chi connectivity index (χ4n) is 1.69. The summed E-state index contributed by atoms with van der Waals surface area (Å²) in [5.41, 5.74) is 4.63. The van der Waals surface area contributed by atoms with E-state index in [9.17, 15) is 4.79 Å². The lowest BCUT2D eigenvalue weighted by Gasteiger charge is -2.29. The zero-order chi connectivity index (χ0) is 13.5. The highest BCUT2D eigenvalue weighted by Gasteiger charge is 2.31. The Morgan fingerprint density at radius 3 is 2.35 bits per heavy atom. The van der Waals surface area contributed by atoms with Crippen LogP contribution >= 0.6 is 0 Å². The molecule has 0 aliphatic heterocycles. The van der Waals surface area contributed by atoms with Gasteiger partial charge in [0.05, 0.1) is 6.61 Å². The molecule has 0 aromatic rings. The third-order valence-electron chi connectivity index (χ3n) is 2.61. The Balaban J connectivity index is 3.97. The van der Waals surface area contributed by atoms with E-state index in [4.69, 9.17) is 10.5 Å². The van der Waals surface area contributed by atoms with E-state index in [1.165, 1.54) is 0 Å². The summed E-state index contributed by atoms with van der Waals surface area (Å²) in [5, 5.41) is 3.16. The maximum Gasteiger partial charge on any atom is 0.239 e. The largest absolute Gasteiger partial charge is 0.379 e. The first-order valence-electron chi connectivity index (χ1n) is 6.43. The molecule has 4 nitrogen and oxygen atoms in total. The number of primary amides is 1. The second-order valence-electron chi connectivity index (χ2n) is 5.58. The maximum atomic E-state index is 11.4. The smallest absolute Gasteiger partial charge is 0.239 e. The Morgan fingerprint density at radius 1 is 1.35 bits per heavy atom. The molecule has 0 spiro atoms. The number of rotatable bonds is 9. The molecule has 0 aromatic heterocycles. The second-order valence-corrected chi connectivity index (χ2v) is 5.58. The molecule has 0 fully saturated rings. The van der Waals surface area contributed by atoms with Gasteiger partial charge >= 0.3 is 0 Å². The molecule has 0 radical (unpaired) electrons. The molecule has 0 saturated heterocycles. The quantitative estimate of drug-likeness (QED) is 0.607. The Bertz CT molecular complexity index is 229. The van der Waals surface area contributed by atoms with E-state index in [2.05, 4.69) is 19.2 Å². The van der Waals surface area contributed by atoms with Crippen LogP contribution in [0.1, 0.15) is 47.5 Å². The van der Waals surface area contributed by atoms with Crippen LogP contribution in [-0.4, -0.2) is 30.7 Å². The summed E-state index contributed by atoms with van der Waals surface area (Å²) in [6.07, 6.45) is 2.17. The molecule has 1 amide bonds. The minimum absolute atomic E-state index is 0.201. The van der Waals surface area contributed by atoms with Gasteiger partial charge in [0.25, 0.3) is 0 Å². The lowest BCUT2D eigenvalue weighted by Crippen LogP contribution is -2.58. The number of carbonyl (C=O) groups is 1. The minimum atomic E-state index is -0.772. The Hall–Kier alpha value is -0.610. The van der Waals surface area contributed by atoms with Gasteiger partial charge in [0.2, 0.25) is 5.91 Å². The highest BCUT2D eigenvalue weighted by Crippen LogP contribution is 2.08. The van der Waals surface area contributed by atoms with Crippen molar-refractivity contribution in [1.29, 1.82) is 0 Å². The van der Waals surface area contributed by atoms with Gasteiger partial charge < -0.3 is 10.5 Å². The van der Waals surface area contributed by atoms with E-state index in [0.717, 1.165) is 12.8 Å². The lowest BCUT2D eigenvalue weighted by atomic mass is 10.0. The van der Waals surface area contributed by atoms with Crippen LogP contribution in [-0.2, 0) is 9.53 Å². The highest BCUT2D eigenvalue weighted by atomic mass is 16.5. The standard InChI is InChI=1S/C13H28N2O2/c1-10(2)7-6-8-17-9-13(5,12(14)16)15-11(3)4/h10-11,15H,6-9H2,1-5H3,(H2,14,16). The van der Waals surface area contributed by atoms with Gasteiger partial charge in [-0.25, -0.2) is 0 Å². The van der Waals surface area contributed by atoms with Crippen LogP contribution in [0, 0.1) is 5.92 Å². The summed E-state index contributed by atoms with van der Waals surface area (Å²) in [5.74, 6) is 0.324. The molecule has 17 heavy (non-hydrogen) atoms. The molecule has 0 aliphatic rings. The molecule has 3 N–H and O–H groups in total. The number of nitrogens with one attached hydrogen (secondary N) is 1. The first-order valence-corrected chi connectivity index (χ1v) is 6.43. The van der Waals surface area contributed by atoms with Crippen molar-refractivity contribution in [2.24, 2.45) is 11.7 Å². The van der Waals surface area contributed by atoms with Crippen LogP contribution < -0.4 is 11.1 Å². The van der Waals surface area contributed by atoms with Crippen molar-refractivity contribution in [3.8, 4) is 0 Å². The van der Waals surface area contributed by atoms with Crippen molar-refractivity contribution in [2.45, 2.75) is 59.0 Å². The van der Waals surface area contributed by atoms with Gasteiger partial charge in [-0.15, -0.1) is 0 Å². The molecule has 0 rings (SSSR count). The molecule has 0 saturated carbocycles. The molecule has 4 heteroatoms. The van der Waals surface area contributed by atoms with Gasteiger partial charge in [0.1, 0.15) is 5.54 Å². The van der Waals surface area contributed by atoms with Crippen LogP contribution in [0.15, 0.2) is 0 Å². The van der Waals surface area contributed by atoms with Crippen molar-refractivity contribution in [3.05, 3.63) is 0 Å². The zero-order valence-electron chi connectivity index (χ0n) is 11.9. The van der Waals surface area contributed by atoms with Crippen molar-refractivity contribution < 1.29 is 9.53 Å². The van der Waals surface area contributed by atoms with E-state index in [-0.39, 0.29) is 11.9 Å². The van der Waals surface area contributed by atoms with Crippen molar-refractivity contribution in [2.75, 3.05) is 13.2 Å². The van der Waals surface area contributed by atoms with E-state index < -0.39 is 5.54 Å². The highest BCUT2D eigenvalue weighted by molar-refractivity contribution is 5.84. The number of carbonyl (C=O) groups excluding carboxylic acids is 1. The second kappa shape index (κ2) is 7.67. The first-order chi connectivity index (χ1) is 7.78. The number of hydrogen-bond acceptors (Lipinski definition) is 3. The molecule has 0 aliphatic carbocycles. The molecular weight excluding hydrogens is 216 g/mol. The van der Waals surface area contributed by atoms with Crippen molar-refractivity contribution in [1.82, 2.24) is 5.32 Å². The van der Waals surface area contributed by atoms with Gasteiger partial charge in [-0.2, -0.15) is 0 Å². The third-order valence-corrected chi connectivity index (χ3v) is 2.61. The molecule has 0 heterocycles. The fourth-order valence-corrected chi connectivity index (χ4v) is 1.69.